The van der Waals surface area contributed by atoms with Gasteiger partial charge in [0.15, 0.2) is 0 Å². The highest BCUT2D eigenvalue weighted by atomic mass is 16.3. The number of benzene rings is 2. The van der Waals surface area contributed by atoms with Crippen molar-refractivity contribution in [1.29, 1.82) is 0 Å². The number of phenolic OH excluding ortho intramolecular Hbond substituents is 1. The quantitative estimate of drug-likeness (QED) is 0.470. The summed E-state index contributed by atoms with van der Waals surface area (Å²) in [7, 11) is 0. The molecule has 100 valence electrons. The van der Waals surface area contributed by atoms with Gasteiger partial charge in [0.1, 0.15) is 5.75 Å². The second-order valence-corrected chi connectivity index (χ2v) is 4.59. The molecule has 0 aliphatic rings. The summed E-state index contributed by atoms with van der Waals surface area (Å²) in [6.07, 6.45) is 5.23. The number of hydrogen-bond acceptors (Lipinski definition) is 3. The minimum atomic E-state index is 0.262. The number of fused-ring (bicyclic) bond motifs is 1. The zero-order valence-corrected chi connectivity index (χ0v) is 11.3. The molecule has 0 radical (unpaired) electrons. The number of aromatic hydroxyl groups is 1. The fourth-order valence-corrected chi connectivity index (χ4v) is 2.05. The first-order valence-corrected chi connectivity index (χ1v) is 6.79. The molecule has 3 heteroatoms. The fourth-order valence-electron chi connectivity index (χ4n) is 2.05. The Balaban J connectivity index is 2.11. The lowest BCUT2D eigenvalue weighted by Gasteiger charge is -2.05. The Hall–Kier alpha value is -2.03. The van der Waals surface area contributed by atoms with Crippen LogP contribution in [0.2, 0.25) is 0 Å². The second-order valence-electron chi connectivity index (χ2n) is 4.59. The summed E-state index contributed by atoms with van der Waals surface area (Å²) in [4.78, 5) is 0. The third-order valence-corrected chi connectivity index (χ3v) is 3.12. The first-order chi connectivity index (χ1) is 9.33. The van der Waals surface area contributed by atoms with Crippen molar-refractivity contribution in [3.05, 3.63) is 42.0 Å². The maximum absolute atomic E-state index is 9.93. The van der Waals surface area contributed by atoms with E-state index < -0.39 is 0 Å². The van der Waals surface area contributed by atoms with Gasteiger partial charge in [-0.15, -0.1) is 0 Å². The Labute approximate surface area is 114 Å². The molecule has 2 aromatic carbocycles. The summed E-state index contributed by atoms with van der Waals surface area (Å²) in [5, 5.41) is 16.2. The largest absolute Gasteiger partial charge is 0.507 e. The first-order valence-electron chi connectivity index (χ1n) is 6.79. The van der Waals surface area contributed by atoms with Crippen molar-refractivity contribution in [3.8, 4) is 5.75 Å². The fraction of sp³-hybridized carbons (Fsp3) is 0.312. The van der Waals surface area contributed by atoms with E-state index in [1.165, 1.54) is 12.8 Å². The third kappa shape index (κ3) is 3.47. The zero-order valence-electron chi connectivity index (χ0n) is 11.3. The minimum absolute atomic E-state index is 0.262. The van der Waals surface area contributed by atoms with Crippen molar-refractivity contribution in [1.82, 2.24) is 5.43 Å². The van der Waals surface area contributed by atoms with E-state index in [0.717, 1.165) is 29.3 Å². The van der Waals surface area contributed by atoms with Crippen LogP contribution in [0.15, 0.2) is 41.5 Å². The summed E-state index contributed by atoms with van der Waals surface area (Å²) in [6.45, 7) is 3.05. The van der Waals surface area contributed by atoms with E-state index >= 15 is 0 Å². The van der Waals surface area contributed by atoms with Crippen molar-refractivity contribution in [2.45, 2.75) is 26.2 Å². The van der Waals surface area contributed by atoms with E-state index in [-0.39, 0.29) is 5.75 Å². The van der Waals surface area contributed by atoms with Crippen LogP contribution in [0, 0.1) is 0 Å². The van der Waals surface area contributed by atoms with Crippen LogP contribution in [0.4, 0.5) is 0 Å². The van der Waals surface area contributed by atoms with Gasteiger partial charge in [0.05, 0.1) is 6.21 Å². The molecular formula is C16H20N2O. The topological polar surface area (TPSA) is 44.6 Å². The predicted molar refractivity (Wildman–Crippen MR) is 80.7 cm³/mol. The van der Waals surface area contributed by atoms with Gasteiger partial charge in [0.25, 0.3) is 0 Å². The maximum atomic E-state index is 9.93. The van der Waals surface area contributed by atoms with Crippen LogP contribution in [-0.2, 0) is 0 Å². The molecule has 2 rings (SSSR count). The number of hydrazone groups is 1. The summed E-state index contributed by atoms with van der Waals surface area (Å²) in [5.74, 6) is 0.262. The first kappa shape index (κ1) is 13.4. The number of rotatable bonds is 6. The van der Waals surface area contributed by atoms with Crippen LogP contribution >= 0.6 is 0 Å². The van der Waals surface area contributed by atoms with Crippen molar-refractivity contribution in [3.63, 3.8) is 0 Å². The van der Waals surface area contributed by atoms with Crippen molar-refractivity contribution < 1.29 is 5.11 Å². The van der Waals surface area contributed by atoms with Gasteiger partial charge in [0.2, 0.25) is 0 Å². The van der Waals surface area contributed by atoms with Crippen LogP contribution in [0.3, 0.4) is 0 Å². The summed E-state index contributed by atoms with van der Waals surface area (Å²) >= 11 is 0. The third-order valence-electron chi connectivity index (χ3n) is 3.12. The predicted octanol–water partition coefficient (Wildman–Crippen LogP) is 3.66. The highest BCUT2D eigenvalue weighted by Gasteiger charge is 2.03. The van der Waals surface area contributed by atoms with Gasteiger partial charge in [0, 0.05) is 12.1 Å². The molecule has 0 aromatic heterocycles. The second kappa shape index (κ2) is 6.78. The molecule has 0 heterocycles. The standard InChI is InChI=1S/C16H20N2O/c1-2-3-6-11-17-18-12-15-14-8-5-4-7-13(14)9-10-16(15)19/h4-5,7-10,12,17,19H,2-3,6,11H2,1H3. The molecule has 0 bridgehead atoms. The molecule has 0 fully saturated rings. The smallest absolute Gasteiger partial charge is 0.125 e. The molecule has 2 N–H and O–H groups in total. The van der Waals surface area contributed by atoms with E-state index in [1.807, 2.05) is 30.3 Å². The SMILES string of the molecule is CCCCCNN=Cc1c(O)ccc2ccccc12. The molecule has 0 amide bonds. The molecule has 0 aliphatic carbocycles. The normalized spacial score (nSPS) is 11.2. The van der Waals surface area contributed by atoms with Crippen LogP contribution in [0.5, 0.6) is 5.75 Å². The highest BCUT2D eigenvalue weighted by molar-refractivity contribution is 6.02. The number of hydrogen-bond donors (Lipinski definition) is 2. The maximum Gasteiger partial charge on any atom is 0.125 e. The Morgan fingerprint density at radius 2 is 2.00 bits per heavy atom. The Morgan fingerprint density at radius 3 is 2.84 bits per heavy atom. The lowest BCUT2D eigenvalue weighted by molar-refractivity contribution is 0.475. The average Bonchev–Trinajstić information content (AvgIpc) is 2.44. The van der Waals surface area contributed by atoms with E-state index in [4.69, 9.17) is 0 Å². The van der Waals surface area contributed by atoms with Crippen LogP contribution < -0.4 is 5.43 Å². The van der Waals surface area contributed by atoms with Crippen molar-refractivity contribution in [2.24, 2.45) is 5.10 Å². The van der Waals surface area contributed by atoms with Crippen LogP contribution in [-0.4, -0.2) is 17.9 Å². The van der Waals surface area contributed by atoms with Gasteiger partial charge in [-0.05, 0) is 23.3 Å². The van der Waals surface area contributed by atoms with E-state index in [1.54, 1.807) is 12.3 Å². The molecule has 0 saturated carbocycles. The summed E-state index contributed by atoms with van der Waals surface area (Å²) in [6, 6.07) is 11.6. The molecule has 0 atom stereocenters. The Kier molecular flexibility index (Phi) is 4.78. The number of phenols is 1. The molecule has 3 nitrogen and oxygen atoms in total. The lowest BCUT2D eigenvalue weighted by Crippen LogP contribution is -2.07. The zero-order chi connectivity index (χ0) is 13.5. The van der Waals surface area contributed by atoms with Gasteiger partial charge >= 0.3 is 0 Å². The van der Waals surface area contributed by atoms with Crippen LogP contribution in [0.25, 0.3) is 10.8 Å². The highest BCUT2D eigenvalue weighted by Crippen LogP contribution is 2.25. The van der Waals surface area contributed by atoms with Crippen LogP contribution in [0.1, 0.15) is 31.7 Å². The molecule has 0 aliphatic heterocycles. The number of nitrogens with one attached hydrogen (secondary N) is 1. The average molecular weight is 256 g/mol. The Morgan fingerprint density at radius 1 is 1.16 bits per heavy atom. The van der Waals surface area contributed by atoms with E-state index in [2.05, 4.69) is 17.5 Å². The van der Waals surface area contributed by atoms with E-state index in [9.17, 15) is 5.11 Å². The summed E-state index contributed by atoms with van der Waals surface area (Å²) < 4.78 is 0. The van der Waals surface area contributed by atoms with Gasteiger partial charge in [-0.2, -0.15) is 5.10 Å². The number of unbranched alkanes of at least 4 members (excludes halogenated alkanes) is 2. The molecule has 0 spiro atoms. The lowest BCUT2D eigenvalue weighted by atomic mass is 10.0. The molecule has 19 heavy (non-hydrogen) atoms. The monoisotopic (exact) mass is 256 g/mol. The van der Waals surface area contributed by atoms with Gasteiger partial charge in [-0.3, -0.25) is 0 Å². The van der Waals surface area contributed by atoms with Crippen molar-refractivity contribution in [2.75, 3.05) is 6.54 Å². The van der Waals surface area contributed by atoms with Gasteiger partial charge < -0.3 is 10.5 Å². The number of nitrogens with zero attached hydrogens (tertiary/aromatic N) is 1. The molecule has 0 unspecified atom stereocenters. The Bertz CT molecular complexity index is 564. The van der Waals surface area contributed by atoms with Gasteiger partial charge in [-0.25, -0.2) is 0 Å². The molecular weight excluding hydrogens is 236 g/mol. The van der Waals surface area contributed by atoms with E-state index in [0.29, 0.717) is 0 Å². The van der Waals surface area contributed by atoms with Crippen molar-refractivity contribution >= 4 is 17.0 Å². The molecule has 2 aromatic rings. The van der Waals surface area contributed by atoms with Gasteiger partial charge in [-0.1, -0.05) is 50.1 Å². The minimum Gasteiger partial charge on any atom is -0.507 e. The summed E-state index contributed by atoms with van der Waals surface area (Å²) in [5.41, 5.74) is 3.78. The molecule has 0 saturated heterocycles.